The van der Waals surface area contributed by atoms with Crippen molar-refractivity contribution in [3.8, 4) is 11.5 Å². The normalized spacial score (nSPS) is 15.4. The molecule has 196 valence electrons. The molecule has 1 saturated heterocycles. The SMILES string of the molecule is C=CCc1cc(/C=C2/SC(=Nc3ccc(F)cc3)N(CC)C2=O)cc(OCC)c1OCc1ccc(Cl)cc1. The largest absolute Gasteiger partial charge is 0.490 e. The second-order valence-corrected chi connectivity index (χ2v) is 9.82. The van der Waals surface area contributed by atoms with Gasteiger partial charge in [0.05, 0.1) is 17.2 Å². The summed E-state index contributed by atoms with van der Waals surface area (Å²) in [5, 5.41) is 1.22. The Bertz CT molecular complexity index is 1370. The van der Waals surface area contributed by atoms with Gasteiger partial charge in [0.2, 0.25) is 0 Å². The van der Waals surface area contributed by atoms with Crippen molar-refractivity contribution in [1.82, 2.24) is 4.90 Å². The van der Waals surface area contributed by atoms with E-state index < -0.39 is 0 Å². The van der Waals surface area contributed by atoms with Gasteiger partial charge in [-0.25, -0.2) is 9.38 Å². The number of hydrogen-bond acceptors (Lipinski definition) is 5. The fraction of sp³-hybridized carbons (Fsp3) is 0.200. The third-order valence-corrected chi connectivity index (χ3v) is 6.93. The first-order chi connectivity index (χ1) is 18.4. The first-order valence-electron chi connectivity index (χ1n) is 12.2. The minimum absolute atomic E-state index is 0.135. The third-order valence-electron chi connectivity index (χ3n) is 5.67. The number of amides is 1. The van der Waals surface area contributed by atoms with Crippen molar-refractivity contribution in [3.63, 3.8) is 0 Å². The molecule has 0 saturated carbocycles. The van der Waals surface area contributed by atoms with Gasteiger partial charge >= 0.3 is 0 Å². The summed E-state index contributed by atoms with van der Waals surface area (Å²) in [6.45, 7) is 8.97. The van der Waals surface area contributed by atoms with Crippen LogP contribution in [-0.2, 0) is 17.8 Å². The predicted octanol–water partition coefficient (Wildman–Crippen LogP) is 7.81. The van der Waals surface area contributed by atoms with Crippen LogP contribution in [0.3, 0.4) is 0 Å². The zero-order valence-electron chi connectivity index (χ0n) is 21.2. The Morgan fingerprint density at radius 1 is 1.08 bits per heavy atom. The van der Waals surface area contributed by atoms with Gasteiger partial charge in [0, 0.05) is 17.1 Å². The van der Waals surface area contributed by atoms with E-state index in [1.807, 2.05) is 56.3 Å². The molecular formula is C30H28ClFN2O3S. The molecule has 1 heterocycles. The number of nitrogens with zero attached hydrogens (tertiary/aromatic N) is 2. The van der Waals surface area contributed by atoms with Gasteiger partial charge in [0.25, 0.3) is 5.91 Å². The zero-order chi connectivity index (χ0) is 27.1. The molecule has 1 aliphatic rings. The minimum Gasteiger partial charge on any atom is -0.490 e. The van der Waals surface area contributed by atoms with E-state index in [2.05, 4.69) is 11.6 Å². The summed E-state index contributed by atoms with van der Waals surface area (Å²) in [5.74, 6) is 0.765. The van der Waals surface area contributed by atoms with Crippen LogP contribution in [0.1, 0.15) is 30.5 Å². The third kappa shape index (κ3) is 6.65. The molecule has 1 aliphatic heterocycles. The number of likely N-dealkylation sites (N-methyl/N-ethyl adjacent to an activating group) is 1. The maximum atomic E-state index is 13.3. The van der Waals surface area contributed by atoms with Crippen LogP contribution in [0.2, 0.25) is 5.02 Å². The molecule has 0 atom stereocenters. The van der Waals surface area contributed by atoms with Gasteiger partial charge in [-0.15, -0.1) is 6.58 Å². The summed E-state index contributed by atoms with van der Waals surface area (Å²) in [4.78, 5) is 19.9. The topological polar surface area (TPSA) is 51.1 Å². The molecule has 0 aromatic heterocycles. The Kier molecular flexibility index (Phi) is 9.26. The van der Waals surface area contributed by atoms with Crippen LogP contribution in [0.15, 0.2) is 83.2 Å². The number of rotatable bonds is 10. The van der Waals surface area contributed by atoms with E-state index in [0.29, 0.717) is 58.5 Å². The summed E-state index contributed by atoms with van der Waals surface area (Å²) in [6.07, 6.45) is 4.20. The van der Waals surface area contributed by atoms with Crippen LogP contribution < -0.4 is 9.47 Å². The van der Waals surface area contributed by atoms with Crippen LogP contribution >= 0.6 is 23.4 Å². The van der Waals surface area contributed by atoms with Gasteiger partial charge in [-0.1, -0.05) is 29.8 Å². The van der Waals surface area contributed by atoms with Gasteiger partial charge in [-0.2, -0.15) is 0 Å². The number of thioether (sulfide) groups is 1. The second kappa shape index (κ2) is 12.8. The molecule has 0 spiro atoms. The highest BCUT2D eigenvalue weighted by Crippen LogP contribution is 2.38. The molecule has 38 heavy (non-hydrogen) atoms. The van der Waals surface area contributed by atoms with Crippen LogP contribution in [0.25, 0.3) is 6.08 Å². The quantitative estimate of drug-likeness (QED) is 0.191. The monoisotopic (exact) mass is 550 g/mol. The number of carbonyl (C=O) groups is 1. The van der Waals surface area contributed by atoms with Crippen molar-refractivity contribution < 1.29 is 18.7 Å². The number of carbonyl (C=O) groups excluding carboxylic acids is 1. The number of amidine groups is 1. The van der Waals surface area contributed by atoms with Gasteiger partial charge in [0.1, 0.15) is 12.4 Å². The van der Waals surface area contributed by atoms with Gasteiger partial charge in [-0.05, 0) is 97.8 Å². The molecular weight excluding hydrogens is 523 g/mol. The number of ether oxygens (including phenoxy) is 2. The zero-order valence-corrected chi connectivity index (χ0v) is 22.8. The van der Waals surface area contributed by atoms with E-state index in [1.54, 1.807) is 23.1 Å². The van der Waals surface area contributed by atoms with Crippen molar-refractivity contribution in [1.29, 1.82) is 0 Å². The van der Waals surface area contributed by atoms with Crippen LogP contribution in [0.5, 0.6) is 11.5 Å². The van der Waals surface area contributed by atoms with E-state index >= 15 is 0 Å². The predicted molar refractivity (Wildman–Crippen MR) is 154 cm³/mol. The molecule has 0 aliphatic carbocycles. The van der Waals surface area contributed by atoms with Crippen LogP contribution in [0, 0.1) is 5.82 Å². The van der Waals surface area contributed by atoms with Crippen molar-refractivity contribution in [2.24, 2.45) is 4.99 Å². The number of benzene rings is 3. The maximum absolute atomic E-state index is 13.3. The average molecular weight is 551 g/mol. The lowest BCUT2D eigenvalue weighted by atomic mass is 10.0. The average Bonchev–Trinajstić information content (AvgIpc) is 3.19. The van der Waals surface area contributed by atoms with Crippen molar-refractivity contribution in [2.45, 2.75) is 26.9 Å². The molecule has 3 aromatic carbocycles. The van der Waals surface area contributed by atoms with E-state index in [4.69, 9.17) is 21.1 Å². The molecule has 1 fully saturated rings. The molecule has 1 amide bonds. The first-order valence-corrected chi connectivity index (χ1v) is 13.4. The van der Waals surface area contributed by atoms with Gasteiger partial charge < -0.3 is 9.47 Å². The molecule has 0 radical (unpaired) electrons. The summed E-state index contributed by atoms with van der Waals surface area (Å²) in [6, 6.07) is 17.2. The van der Waals surface area contributed by atoms with Crippen molar-refractivity contribution in [3.05, 3.63) is 106 Å². The lowest BCUT2D eigenvalue weighted by Gasteiger charge is -2.17. The molecule has 4 rings (SSSR count). The number of halogens is 2. The Hall–Kier alpha value is -3.55. The van der Waals surface area contributed by atoms with Crippen molar-refractivity contribution in [2.75, 3.05) is 13.2 Å². The fourth-order valence-corrected chi connectivity index (χ4v) is 5.07. The van der Waals surface area contributed by atoms with E-state index in [1.165, 1.54) is 23.9 Å². The highest BCUT2D eigenvalue weighted by molar-refractivity contribution is 8.18. The molecule has 3 aromatic rings. The summed E-state index contributed by atoms with van der Waals surface area (Å²) >= 11 is 7.29. The summed E-state index contributed by atoms with van der Waals surface area (Å²) in [5.41, 5.74) is 3.26. The second-order valence-electron chi connectivity index (χ2n) is 8.38. The van der Waals surface area contributed by atoms with Gasteiger partial charge in [-0.3, -0.25) is 9.69 Å². The van der Waals surface area contributed by atoms with E-state index in [0.717, 1.165) is 16.7 Å². The molecule has 0 bridgehead atoms. The number of aliphatic imine (C=N–C) groups is 1. The Morgan fingerprint density at radius 3 is 2.47 bits per heavy atom. The molecule has 0 N–H and O–H groups in total. The molecule has 0 unspecified atom stereocenters. The lowest BCUT2D eigenvalue weighted by Crippen LogP contribution is -2.28. The van der Waals surface area contributed by atoms with E-state index in [-0.39, 0.29) is 11.7 Å². The van der Waals surface area contributed by atoms with Gasteiger partial charge in [0.15, 0.2) is 16.7 Å². The maximum Gasteiger partial charge on any atom is 0.266 e. The summed E-state index contributed by atoms with van der Waals surface area (Å²) < 4.78 is 25.5. The number of allylic oxidation sites excluding steroid dienone is 1. The van der Waals surface area contributed by atoms with E-state index in [9.17, 15) is 9.18 Å². The highest BCUT2D eigenvalue weighted by Gasteiger charge is 2.32. The lowest BCUT2D eigenvalue weighted by molar-refractivity contribution is -0.122. The Balaban J connectivity index is 1.66. The van der Waals surface area contributed by atoms with Crippen LogP contribution in [-0.4, -0.2) is 29.1 Å². The molecule has 8 heteroatoms. The Morgan fingerprint density at radius 2 is 1.82 bits per heavy atom. The summed E-state index contributed by atoms with van der Waals surface area (Å²) in [7, 11) is 0. The Labute approximate surface area is 231 Å². The minimum atomic E-state index is -0.335. The first kappa shape index (κ1) is 27.5. The smallest absolute Gasteiger partial charge is 0.266 e. The van der Waals surface area contributed by atoms with Crippen molar-refractivity contribution >= 4 is 46.2 Å². The fourth-order valence-electron chi connectivity index (χ4n) is 3.88. The number of hydrogen-bond donors (Lipinski definition) is 0. The molecule has 5 nitrogen and oxygen atoms in total. The standard InChI is InChI=1S/C30H28ClFN2O3S/c1-4-7-22-16-21(17-26(36-6-3)28(22)37-19-20-8-10-23(31)11-9-20)18-27-29(35)34(5-2)30(38-27)33-25-14-12-24(32)13-15-25/h4,8-18H,1,5-7,19H2,2-3H3/b27-18+,33-30?. The van der Waals surface area contributed by atoms with Crippen LogP contribution in [0.4, 0.5) is 10.1 Å². The highest BCUT2D eigenvalue weighted by atomic mass is 35.5.